The highest BCUT2D eigenvalue weighted by molar-refractivity contribution is 6.30. The predicted octanol–water partition coefficient (Wildman–Crippen LogP) is 5.38. The van der Waals surface area contributed by atoms with Gasteiger partial charge in [0.25, 0.3) is 0 Å². The number of piperazine rings is 1. The van der Waals surface area contributed by atoms with Crippen LogP contribution in [0.15, 0.2) is 48.5 Å². The summed E-state index contributed by atoms with van der Waals surface area (Å²) in [7, 11) is 0. The Morgan fingerprint density at radius 2 is 1.73 bits per heavy atom. The van der Waals surface area contributed by atoms with Gasteiger partial charge in [-0.1, -0.05) is 29.8 Å². The van der Waals surface area contributed by atoms with E-state index >= 15 is 0 Å². The number of nitrogens with one attached hydrogen (secondary N) is 2. The largest absolute Gasteiger partial charge is 0.489 e. The average Bonchev–Trinajstić information content (AvgIpc) is 2.80. The lowest BCUT2D eigenvalue weighted by atomic mass is 9.90. The molecular weight excluding hydrogens is 436 g/mol. The maximum atomic E-state index is 12.3. The topological polar surface area (TPSA) is 56.8 Å². The van der Waals surface area contributed by atoms with E-state index in [-0.39, 0.29) is 18.2 Å². The molecule has 2 aromatic carbocycles. The fourth-order valence-corrected chi connectivity index (χ4v) is 5.09. The zero-order valence-electron chi connectivity index (χ0n) is 19.6. The first kappa shape index (κ1) is 23.7. The van der Waals surface area contributed by atoms with Gasteiger partial charge in [0.15, 0.2) is 0 Å². The van der Waals surface area contributed by atoms with Gasteiger partial charge in [0.05, 0.1) is 11.8 Å². The van der Waals surface area contributed by atoms with Crippen molar-refractivity contribution in [1.29, 1.82) is 0 Å². The molecular formula is C26H35ClN4O2. The van der Waals surface area contributed by atoms with Crippen molar-refractivity contribution in [3.8, 4) is 5.75 Å². The van der Waals surface area contributed by atoms with Gasteiger partial charge in [-0.3, -0.25) is 4.90 Å². The lowest BCUT2D eigenvalue weighted by Gasteiger charge is -2.43. The highest BCUT2D eigenvalue weighted by Gasteiger charge is 2.29. The normalized spacial score (nSPS) is 21.6. The number of amides is 2. The minimum absolute atomic E-state index is 0.156. The number of hydrogen-bond acceptors (Lipinski definition) is 4. The molecule has 2 amide bonds. The predicted molar refractivity (Wildman–Crippen MR) is 136 cm³/mol. The summed E-state index contributed by atoms with van der Waals surface area (Å²) in [6.07, 6.45) is 4.44. The molecule has 1 aliphatic heterocycles. The van der Waals surface area contributed by atoms with Crippen molar-refractivity contribution in [2.45, 2.75) is 57.7 Å². The van der Waals surface area contributed by atoms with Gasteiger partial charge < -0.3 is 20.3 Å². The van der Waals surface area contributed by atoms with Crippen molar-refractivity contribution in [1.82, 2.24) is 10.2 Å². The second kappa shape index (κ2) is 11.1. The summed E-state index contributed by atoms with van der Waals surface area (Å²) in [6.45, 7) is 8.29. The molecule has 7 heteroatoms. The van der Waals surface area contributed by atoms with Crippen LogP contribution < -0.4 is 20.3 Å². The van der Waals surface area contributed by atoms with E-state index in [1.165, 1.54) is 5.69 Å². The van der Waals surface area contributed by atoms with E-state index in [1.54, 1.807) is 12.1 Å². The number of hydrogen-bond donors (Lipinski definition) is 2. The maximum Gasteiger partial charge on any atom is 0.319 e. The molecule has 1 aliphatic carbocycles. The summed E-state index contributed by atoms with van der Waals surface area (Å²) in [5.74, 6) is 0.976. The smallest absolute Gasteiger partial charge is 0.319 e. The summed E-state index contributed by atoms with van der Waals surface area (Å²) in [4.78, 5) is 17.4. The zero-order chi connectivity index (χ0) is 23.2. The number of urea groups is 1. The third kappa shape index (κ3) is 6.55. The molecule has 1 saturated heterocycles. The van der Waals surface area contributed by atoms with E-state index in [4.69, 9.17) is 16.3 Å². The number of rotatable bonds is 6. The Morgan fingerprint density at radius 1 is 1.00 bits per heavy atom. The molecule has 0 bridgehead atoms. The Kier molecular flexibility index (Phi) is 7.99. The molecule has 0 aromatic heterocycles. The maximum absolute atomic E-state index is 12.3. The number of nitrogens with zero attached hydrogens (tertiary/aromatic N) is 2. The summed E-state index contributed by atoms with van der Waals surface area (Å²) < 4.78 is 6.03. The molecule has 1 saturated carbocycles. The van der Waals surface area contributed by atoms with Crippen LogP contribution in [0.2, 0.25) is 5.02 Å². The quantitative estimate of drug-likeness (QED) is 0.595. The van der Waals surface area contributed by atoms with Gasteiger partial charge >= 0.3 is 6.03 Å². The van der Waals surface area contributed by atoms with E-state index < -0.39 is 0 Å². The van der Waals surface area contributed by atoms with E-state index in [9.17, 15) is 4.79 Å². The third-order valence-corrected chi connectivity index (χ3v) is 6.75. The number of carbonyl (C=O) groups is 1. The van der Waals surface area contributed by atoms with Gasteiger partial charge in [0.1, 0.15) is 5.75 Å². The SMILES string of the molecule is CC(C)Oc1ccccc1N1CCN([C@H]2CC[C@H](NC(=O)Nc3cccc(Cl)c3)CC2)CC1. The molecule has 2 N–H and O–H groups in total. The van der Waals surface area contributed by atoms with Crippen LogP contribution in [0.25, 0.3) is 0 Å². The molecule has 178 valence electrons. The molecule has 2 aromatic rings. The minimum Gasteiger partial charge on any atom is -0.489 e. The number of anilines is 2. The van der Waals surface area contributed by atoms with E-state index in [2.05, 4.69) is 52.5 Å². The Labute approximate surface area is 202 Å². The average molecular weight is 471 g/mol. The molecule has 33 heavy (non-hydrogen) atoms. The van der Waals surface area contributed by atoms with Gasteiger partial charge in [-0.2, -0.15) is 0 Å². The van der Waals surface area contributed by atoms with Crippen molar-refractivity contribution >= 4 is 29.0 Å². The Bertz CT molecular complexity index is 922. The van der Waals surface area contributed by atoms with E-state index in [1.807, 2.05) is 18.2 Å². The van der Waals surface area contributed by atoms with Gasteiger partial charge in [-0.05, 0) is 69.9 Å². The van der Waals surface area contributed by atoms with Crippen molar-refractivity contribution in [2.24, 2.45) is 0 Å². The van der Waals surface area contributed by atoms with Crippen molar-refractivity contribution in [3.05, 3.63) is 53.6 Å². The van der Waals surface area contributed by atoms with Crippen LogP contribution in [0.3, 0.4) is 0 Å². The first-order chi connectivity index (χ1) is 16.0. The van der Waals surface area contributed by atoms with Crippen LogP contribution in [-0.4, -0.2) is 55.3 Å². The molecule has 2 fully saturated rings. The van der Waals surface area contributed by atoms with Crippen molar-refractivity contribution < 1.29 is 9.53 Å². The Hall–Kier alpha value is -2.44. The Morgan fingerprint density at radius 3 is 2.42 bits per heavy atom. The molecule has 0 radical (unpaired) electrons. The van der Waals surface area contributed by atoms with E-state index in [0.29, 0.717) is 16.8 Å². The van der Waals surface area contributed by atoms with Gasteiger partial charge in [-0.15, -0.1) is 0 Å². The summed E-state index contributed by atoms with van der Waals surface area (Å²) in [6, 6.07) is 16.3. The number of benzene rings is 2. The first-order valence-corrected chi connectivity index (χ1v) is 12.4. The van der Waals surface area contributed by atoms with Crippen molar-refractivity contribution in [2.75, 3.05) is 36.4 Å². The van der Waals surface area contributed by atoms with Crippen LogP contribution in [0, 0.1) is 0 Å². The number of ether oxygens (including phenoxy) is 1. The minimum atomic E-state index is -0.156. The molecule has 0 spiro atoms. The molecule has 2 aliphatic rings. The fraction of sp³-hybridized carbons (Fsp3) is 0.500. The highest BCUT2D eigenvalue weighted by Crippen LogP contribution is 2.31. The molecule has 6 nitrogen and oxygen atoms in total. The third-order valence-electron chi connectivity index (χ3n) is 6.51. The second-order valence-corrected chi connectivity index (χ2v) is 9.71. The van der Waals surface area contributed by atoms with E-state index in [0.717, 1.165) is 57.6 Å². The monoisotopic (exact) mass is 470 g/mol. The van der Waals surface area contributed by atoms with Crippen LogP contribution in [-0.2, 0) is 0 Å². The summed E-state index contributed by atoms with van der Waals surface area (Å²) >= 11 is 6.00. The van der Waals surface area contributed by atoms with Crippen LogP contribution in [0.5, 0.6) is 5.75 Å². The molecule has 0 atom stereocenters. The van der Waals surface area contributed by atoms with Crippen molar-refractivity contribution in [3.63, 3.8) is 0 Å². The number of para-hydroxylation sites is 2. The number of halogens is 1. The van der Waals surface area contributed by atoms with Crippen LogP contribution in [0.1, 0.15) is 39.5 Å². The summed E-state index contributed by atoms with van der Waals surface area (Å²) in [5.41, 5.74) is 1.91. The first-order valence-electron chi connectivity index (χ1n) is 12.1. The standard InChI is InChI=1S/C26H35ClN4O2/c1-19(2)33-25-9-4-3-8-24(25)31-16-14-30(15-17-31)23-12-10-21(11-13-23)28-26(32)29-22-7-5-6-20(27)18-22/h3-9,18-19,21,23H,10-17H2,1-2H3,(H2,28,29,32)/t21-,23-. The van der Waals surface area contributed by atoms with Gasteiger partial charge in [0, 0.05) is 49.0 Å². The van der Waals surface area contributed by atoms with Crippen LogP contribution >= 0.6 is 11.6 Å². The zero-order valence-corrected chi connectivity index (χ0v) is 20.4. The van der Waals surface area contributed by atoms with Gasteiger partial charge in [0.2, 0.25) is 0 Å². The lowest BCUT2D eigenvalue weighted by molar-refractivity contribution is 0.137. The summed E-state index contributed by atoms with van der Waals surface area (Å²) in [5, 5.41) is 6.62. The molecule has 1 heterocycles. The van der Waals surface area contributed by atoms with Gasteiger partial charge in [-0.25, -0.2) is 4.79 Å². The second-order valence-electron chi connectivity index (χ2n) is 9.27. The fourth-order valence-electron chi connectivity index (χ4n) is 4.90. The van der Waals surface area contributed by atoms with Crippen LogP contribution in [0.4, 0.5) is 16.2 Å². The molecule has 0 unspecified atom stereocenters. The molecule has 4 rings (SSSR count). The lowest BCUT2D eigenvalue weighted by Crippen LogP contribution is -2.52. The number of carbonyl (C=O) groups excluding carboxylic acids is 1. The Balaban J connectivity index is 1.22. The highest BCUT2D eigenvalue weighted by atomic mass is 35.5.